The number of hydrogen-bond donors (Lipinski definition) is 1. The van der Waals surface area contributed by atoms with Gasteiger partial charge in [-0.1, -0.05) is 6.42 Å². The predicted molar refractivity (Wildman–Crippen MR) is 119 cm³/mol. The first-order chi connectivity index (χ1) is 15.7. The lowest BCUT2D eigenvalue weighted by molar-refractivity contribution is -0.120. The summed E-state index contributed by atoms with van der Waals surface area (Å²) >= 11 is 0. The zero-order chi connectivity index (χ0) is 21.9. The highest BCUT2D eigenvalue weighted by molar-refractivity contribution is 5.93. The number of rotatable bonds is 4. The smallest absolute Gasteiger partial charge is 0.229 e. The van der Waals surface area contributed by atoms with Crippen LogP contribution in [0.15, 0.2) is 36.7 Å². The molecule has 9 heteroatoms. The Kier molecular flexibility index (Phi) is 5.79. The molecule has 1 unspecified atom stereocenters. The Bertz CT molecular complexity index is 1100. The Morgan fingerprint density at radius 3 is 2.81 bits per heavy atom. The average molecular weight is 436 g/mol. The third kappa shape index (κ3) is 4.19. The Balaban J connectivity index is 1.33. The summed E-state index contributed by atoms with van der Waals surface area (Å²) in [6.45, 7) is 2.17. The molecule has 1 fully saturated rings. The molecule has 8 nitrogen and oxygen atoms in total. The summed E-state index contributed by atoms with van der Waals surface area (Å²) in [7, 11) is 0. The van der Waals surface area contributed by atoms with Crippen LogP contribution in [-0.4, -0.2) is 43.7 Å². The maximum atomic E-state index is 14.7. The van der Waals surface area contributed by atoms with E-state index in [-0.39, 0.29) is 17.6 Å². The molecule has 2 aliphatic heterocycles. The minimum Gasteiger partial charge on any atom is -0.340 e. The van der Waals surface area contributed by atoms with Crippen molar-refractivity contribution in [3.8, 4) is 11.4 Å². The van der Waals surface area contributed by atoms with Gasteiger partial charge in [0.15, 0.2) is 5.82 Å². The Morgan fingerprint density at radius 2 is 1.94 bits per heavy atom. The van der Waals surface area contributed by atoms with Crippen molar-refractivity contribution in [2.75, 3.05) is 23.3 Å². The van der Waals surface area contributed by atoms with E-state index >= 15 is 0 Å². The van der Waals surface area contributed by atoms with Crippen LogP contribution in [0.1, 0.15) is 37.9 Å². The summed E-state index contributed by atoms with van der Waals surface area (Å²) in [6.07, 6.45) is 9.18. The van der Waals surface area contributed by atoms with Gasteiger partial charge in [-0.3, -0.25) is 4.79 Å². The number of piperidine rings is 1. The van der Waals surface area contributed by atoms with E-state index in [1.165, 1.54) is 6.07 Å². The van der Waals surface area contributed by atoms with Gasteiger partial charge in [0, 0.05) is 44.1 Å². The van der Waals surface area contributed by atoms with Gasteiger partial charge < -0.3 is 14.8 Å². The number of halogens is 1. The summed E-state index contributed by atoms with van der Waals surface area (Å²) in [5.41, 5.74) is 0.928. The van der Waals surface area contributed by atoms with Gasteiger partial charge in [-0.15, -0.1) is 10.2 Å². The van der Waals surface area contributed by atoms with E-state index in [0.29, 0.717) is 29.6 Å². The minimum absolute atomic E-state index is 0.0803. The standard InChI is InChI=1S/C23H26FN7O/c24-19-9-8-17(14-18(19)21-29-28-20-7-2-1-3-13-31(20)21)27-22(32)16-6-4-12-30(15-16)23-25-10-5-11-26-23/h5,8-11,14,16H,1-4,6-7,12-13,15H2,(H,27,32). The van der Waals surface area contributed by atoms with Gasteiger partial charge in [0.1, 0.15) is 11.6 Å². The first-order valence-electron chi connectivity index (χ1n) is 11.2. The second kappa shape index (κ2) is 9.02. The quantitative estimate of drug-likeness (QED) is 0.675. The molecule has 166 valence electrons. The monoisotopic (exact) mass is 435 g/mol. The Hall–Kier alpha value is -3.36. The van der Waals surface area contributed by atoms with Crippen molar-refractivity contribution in [1.82, 2.24) is 24.7 Å². The number of nitrogens with zero attached hydrogens (tertiary/aromatic N) is 6. The van der Waals surface area contributed by atoms with Crippen molar-refractivity contribution in [2.24, 2.45) is 5.92 Å². The topological polar surface area (TPSA) is 88.8 Å². The largest absolute Gasteiger partial charge is 0.340 e. The molecule has 1 atom stereocenters. The van der Waals surface area contributed by atoms with Gasteiger partial charge in [0.05, 0.1) is 11.5 Å². The fourth-order valence-corrected chi connectivity index (χ4v) is 4.53. The Labute approximate surface area is 185 Å². The molecular weight excluding hydrogens is 409 g/mol. The molecule has 0 radical (unpaired) electrons. The molecule has 1 aromatic carbocycles. The van der Waals surface area contributed by atoms with Gasteiger partial charge in [-0.25, -0.2) is 14.4 Å². The zero-order valence-corrected chi connectivity index (χ0v) is 17.9. The maximum absolute atomic E-state index is 14.7. The number of nitrogens with one attached hydrogen (secondary N) is 1. The van der Waals surface area contributed by atoms with Crippen molar-refractivity contribution in [3.05, 3.63) is 48.3 Å². The number of aromatic nitrogens is 5. The lowest BCUT2D eigenvalue weighted by Crippen LogP contribution is -2.41. The highest BCUT2D eigenvalue weighted by Crippen LogP contribution is 2.28. The number of fused-ring (bicyclic) bond motifs is 1. The van der Waals surface area contributed by atoms with Gasteiger partial charge in [0.25, 0.3) is 0 Å². The summed E-state index contributed by atoms with van der Waals surface area (Å²) in [5.74, 6) is 1.43. The van der Waals surface area contributed by atoms with Crippen LogP contribution in [0.2, 0.25) is 0 Å². The van der Waals surface area contributed by atoms with Crippen molar-refractivity contribution in [2.45, 2.75) is 45.1 Å². The number of amides is 1. The van der Waals surface area contributed by atoms with Crippen molar-refractivity contribution in [1.29, 1.82) is 0 Å². The number of anilines is 2. The number of aryl methyl sites for hydroxylation is 1. The molecule has 0 aliphatic carbocycles. The molecule has 1 amide bonds. The van der Waals surface area contributed by atoms with Crippen LogP contribution in [0.5, 0.6) is 0 Å². The van der Waals surface area contributed by atoms with E-state index in [1.54, 1.807) is 30.6 Å². The van der Waals surface area contributed by atoms with Crippen LogP contribution >= 0.6 is 0 Å². The average Bonchev–Trinajstić information content (AvgIpc) is 3.08. The van der Waals surface area contributed by atoms with Crippen molar-refractivity contribution >= 4 is 17.5 Å². The Morgan fingerprint density at radius 1 is 1.06 bits per heavy atom. The lowest BCUT2D eigenvalue weighted by atomic mass is 9.97. The molecule has 2 aromatic heterocycles. The third-order valence-corrected chi connectivity index (χ3v) is 6.21. The van der Waals surface area contributed by atoms with Crippen LogP contribution in [-0.2, 0) is 17.8 Å². The summed E-state index contributed by atoms with van der Waals surface area (Å²) < 4.78 is 16.7. The molecule has 32 heavy (non-hydrogen) atoms. The molecule has 2 aliphatic rings. The molecule has 1 N–H and O–H groups in total. The van der Waals surface area contributed by atoms with E-state index < -0.39 is 0 Å². The predicted octanol–water partition coefficient (Wildman–Crippen LogP) is 3.46. The van der Waals surface area contributed by atoms with Gasteiger partial charge in [-0.05, 0) is 49.9 Å². The number of hydrogen-bond acceptors (Lipinski definition) is 6. The van der Waals surface area contributed by atoms with Gasteiger partial charge >= 0.3 is 0 Å². The first kappa shape index (κ1) is 20.5. The van der Waals surface area contributed by atoms with Crippen molar-refractivity contribution in [3.63, 3.8) is 0 Å². The molecule has 4 heterocycles. The third-order valence-electron chi connectivity index (χ3n) is 6.21. The normalized spacial score (nSPS) is 18.7. The highest BCUT2D eigenvalue weighted by Gasteiger charge is 2.27. The highest BCUT2D eigenvalue weighted by atomic mass is 19.1. The molecule has 5 rings (SSSR count). The molecule has 3 aromatic rings. The SMILES string of the molecule is O=C(Nc1ccc(F)c(-c2nnc3n2CCCCC3)c1)C1CCCN(c2ncccn2)C1. The van der Waals surface area contributed by atoms with E-state index in [0.717, 1.165) is 57.4 Å². The molecular formula is C23H26FN7O. The molecule has 0 spiro atoms. The van der Waals surface area contributed by atoms with E-state index in [9.17, 15) is 9.18 Å². The number of carbonyl (C=O) groups excluding carboxylic acids is 1. The molecule has 1 saturated heterocycles. The summed E-state index contributed by atoms with van der Waals surface area (Å²) in [5, 5.41) is 11.5. The van der Waals surface area contributed by atoms with E-state index in [2.05, 4.69) is 25.5 Å². The summed E-state index contributed by atoms with van der Waals surface area (Å²) in [4.78, 5) is 23.6. The lowest BCUT2D eigenvalue weighted by Gasteiger charge is -2.31. The molecule has 0 saturated carbocycles. The van der Waals surface area contributed by atoms with Gasteiger partial charge in [0.2, 0.25) is 11.9 Å². The van der Waals surface area contributed by atoms with Crippen LogP contribution in [0.25, 0.3) is 11.4 Å². The summed E-state index contributed by atoms with van der Waals surface area (Å²) in [6, 6.07) is 6.42. The second-order valence-corrected chi connectivity index (χ2v) is 8.42. The van der Waals surface area contributed by atoms with Crippen LogP contribution in [0.4, 0.5) is 16.0 Å². The zero-order valence-electron chi connectivity index (χ0n) is 17.9. The van der Waals surface area contributed by atoms with E-state index in [4.69, 9.17) is 0 Å². The maximum Gasteiger partial charge on any atom is 0.229 e. The molecule has 0 bridgehead atoms. The first-order valence-corrected chi connectivity index (χ1v) is 11.2. The fourth-order valence-electron chi connectivity index (χ4n) is 4.53. The number of carbonyl (C=O) groups is 1. The van der Waals surface area contributed by atoms with E-state index in [1.807, 2.05) is 9.47 Å². The van der Waals surface area contributed by atoms with Crippen molar-refractivity contribution < 1.29 is 9.18 Å². The van der Waals surface area contributed by atoms with Gasteiger partial charge in [-0.2, -0.15) is 0 Å². The number of benzene rings is 1. The second-order valence-electron chi connectivity index (χ2n) is 8.42. The fraction of sp³-hybridized carbons (Fsp3) is 0.435. The van der Waals surface area contributed by atoms with Crippen LogP contribution < -0.4 is 10.2 Å². The minimum atomic E-state index is -0.368. The van der Waals surface area contributed by atoms with Crippen LogP contribution in [0.3, 0.4) is 0 Å². The van der Waals surface area contributed by atoms with Crippen LogP contribution in [0, 0.1) is 11.7 Å².